The second kappa shape index (κ2) is 8.78. The summed E-state index contributed by atoms with van der Waals surface area (Å²) in [5.74, 6) is 0.929. The lowest BCUT2D eigenvalue weighted by Crippen LogP contribution is -2.40. The standard InChI is InChI=1S/C22H30N4O2/c1-2-18-13-17-15-26(11-9-20(17)25-24-18)10-3-4-12-28-19-7-5-16-6-8-22(27)23-21(16)14-19/h5,7,13-14,18,24H,2-4,6,8-12,15H2,1H3,(H,23,27). The van der Waals surface area contributed by atoms with Crippen LogP contribution in [0.15, 0.2) is 34.9 Å². The number of nitrogens with one attached hydrogen (secondary N) is 2. The molecular formula is C22H30N4O2. The van der Waals surface area contributed by atoms with Gasteiger partial charge in [0.1, 0.15) is 5.75 Å². The number of piperidine rings is 1. The Morgan fingerprint density at radius 1 is 1.25 bits per heavy atom. The maximum absolute atomic E-state index is 11.5. The molecule has 150 valence electrons. The molecule has 1 aromatic rings. The van der Waals surface area contributed by atoms with Gasteiger partial charge in [0.15, 0.2) is 0 Å². The van der Waals surface area contributed by atoms with Crippen LogP contribution < -0.4 is 15.5 Å². The van der Waals surface area contributed by atoms with Crippen molar-refractivity contribution in [2.75, 3.05) is 31.6 Å². The molecule has 6 nitrogen and oxygen atoms in total. The van der Waals surface area contributed by atoms with Crippen molar-refractivity contribution >= 4 is 17.3 Å². The Labute approximate surface area is 167 Å². The largest absolute Gasteiger partial charge is 0.494 e. The zero-order chi connectivity index (χ0) is 19.3. The highest BCUT2D eigenvalue weighted by Gasteiger charge is 2.23. The fourth-order valence-corrected chi connectivity index (χ4v) is 4.02. The van der Waals surface area contributed by atoms with Crippen molar-refractivity contribution in [3.63, 3.8) is 0 Å². The normalized spacial score (nSPS) is 21.6. The summed E-state index contributed by atoms with van der Waals surface area (Å²) in [6.45, 7) is 6.09. The van der Waals surface area contributed by atoms with E-state index in [-0.39, 0.29) is 5.91 Å². The van der Waals surface area contributed by atoms with Crippen LogP contribution in [0.25, 0.3) is 0 Å². The van der Waals surface area contributed by atoms with Crippen LogP contribution >= 0.6 is 0 Å². The average molecular weight is 383 g/mol. The third-order valence-electron chi connectivity index (χ3n) is 5.75. The van der Waals surface area contributed by atoms with Crippen molar-refractivity contribution in [2.24, 2.45) is 5.10 Å². The lowest BCUT2D eigenvalue weighted by molar-refractivity contribution is -0.116. The Kier molecular flexibility index (Phi) is 5.95. The van der Waals surface area contributed by atoms with E-state index in [0.29, 0.717) is 19.1 Å². The Morgan fingerprint density at radius 2 is 2.18 bits per heavy atom. The minimum atomic E-state index is 0.0912. The number of aryl methyl sites for hydroxylation is 1. The van der Waals surface area contributed by atoms with Crippen molar-refractivity contribution in [1.82, 2.24) is 10.3 Å². The summed E-state index contributed by atoms with van der Waals surface area (Å²) in [4.78, 5) is 14.1. The molecule has 0 aromatic heterocycles. The van der Waals surface area contributed by atoms with Crippen LogP contribution in [-0.2, 0) is 11.2 Å². The first-order valence-electron chi connectivity index (χ1n) is 10.5. The van der Waals surface area contributed by atoms with Gasteiger partial charge in [0, 0.05) is 37.7 Å². The van der Waals surface area contributed by atoms with Gasteiger partial charge in [-0.1, -0.05) is 19.1 Å². The molecule has 1 saturated heterocycles. The highest BCUT2D eigenvalue weighted by Crippen LogP contribution is 2.27. The van der Waals surface area contributed by atoms with E-state index < -0.39 is 0 Å². The summed E-state index contributed by atoms with van der Waals surface area (Å²) in [5.41, 5.74) is 7.97. The number of hydrazone groups is 1. The van der Waals surface area contributed by atoms with Crippen LogP contribution in [0, 0.1) is 0 Å². The van der Waals surface area contributed by atoms with E-state index in [0.717, 1.165) is 63.2 Å². The van der Waals surface area contributed by atoms with Crippen LogP contribution in [0.2, 0.25) is 0 Å². The lowest BCUT2D eigenvalue weighted by Gasteiger charge is -2.32. The number of amides is 1. The molecule has 28 heavy (non-hydrogen) atoms. The first-order valence-corrected chi connectivity index (χ1v) is 10.5. The first-order chi connectivity index (χ1) is 13.7. The van der Waals surface area contributed by atoms with Gasteiger partial charge in [-0.05, 0) is 49.4 Å². The predicted octanol–water partition coefficient (Wildman–Crippen LogP) is 3.10. The molecule has 4 rings (SSSR count). The number of fused-ring (bicyclic) bond motifs is 2. The summed E-state index contributed by atoms with van der Waals surface area (Å²) in [7, 11) is 0. The Morgan fingerprint density at radius 3 is 3.07 bits per heavy atom. The summed E-state index contributed by atoms with van der Waals surface area (Å²) in [6, 6.07) is 6.41. The molecule has 1 unspecified atom stereocenters. The van der Waals surface area contributed by atoms with Crippen molar-refractivity contribution < 1.29 is 9.53 Å². The third-order valence-corrected chi connectivity index (χ3v) is 5.75. The molecule has 0 bridgehead atoms. The van der Waals surface area contributed by atoms with E-state index in [1.165, 1.54) is 16.8 Å². The monoisotopic (exact) mass is 382 g/mol. The number of carbonyl (C=O) groups is 1. The van der Waals surface area contributed by atoms with E-state index in [1.54, 1.807) is 0 Å². The predicted molar refractivity (Wildman–Crippen MR) is 112 cm³/mol. The Hall–Kier alpha value is -2.34. The Bertz CT molecular complexity index is 787. The fourth-order valence-electron chi connectivity index (χ4n) is 4.02. The number of ether oxygens (including phenoxy) is 1. The van der Waals surface area contributed by atoms with E-state index in [1.807, 2.05) is 12.1 Å². The summed E-state index contributed by atoms with van der Waals surface area (Å²) < 4.78 is 5.90. The fraction of sp³-hybridized carbons (Fsp3) is 0.545. The minimum Gasteiger partial charge on any atom is -0.494 e. The van der Waals surface area contributed by atoms with Gasteiger partial charge in [-0.3, -0.25) is 9.69 Å². The molecule has 1 aromatic carbocycles. The number of rotatable bonds is 7. The molecule has 1 fully saturated rings. The number of likely N-dealkylation sites (tertiary alicyclic amines) is 1. The van der Waals surface area contributed by atoms with Gasteiger partial charge >= 0.3 is 0 Å². The number of benzene rings is 1. The lowest BCUT2D eigenvalue weighted by atomic mass is 9.97. The van der Waals surface area contributed by atoms with Crippen molar-refractivity contribution in [3.8, 4) is 5.75 Å². The molecular weight excluding hydrogens is 352 g/mol. The van der Waals surface area contributed by atoms with Crippen LogP contribution in [0.5, 0.6) is 5.75 Å². The van der Waals surface area contributed by atoms with Gasteiger partial charge in [0.25, 0.3) is 0 Å². The number of carbonyl (C=O) groups excluding carboxylic acids is 1. The molecule has 1 amide bonds. The molecule has 6 heteroatoms. The molecule has 3 aliphatic rings. The molecule has 0 saturated carbocycles. The SMILES string of the molecule is CCC1C=C2CN(CCCCOc3ccc4c(c3)NC(=O)CC4)CCC2=NN1. The van der Waals surface area contributed by atoms with E-state index >= 15 is 0 Å². The second-order valence-electron chi connectivity index (χ2n) is 7.84. The maximum atomic E-state index is 11.5. The van der Waals surface area contributed by atoms with Gasteiger partial charge in [-0.15, -0.1) is 0 Å². The molecule has 3 heterocycles. The molecule has 3 aliphatic heterocycles. The van der Waals surface area contributed by atoms with E-state index in [9.17, 15) is 4.79 Å². The number of hydrogen-bond acceptors (Lipinski definition) is 5. The van der Waals surface area contributed by atoms with Crippen molar-refractivity contribution in [2.45, 2.75) is 51.5 Å². The first kappa shape index (κ1) is 19.0. The highest BCUT2D eigenvalue weighted by molar-refractivity contribution is 6.01. The molecule has 0 radical (unpaired) electrons. The summed E-state index contributed by atoms with van der Waals surface area (Å²) in [6.07, 6.45) is 8.00. The summed E-state index contributed by atoms with van der Waals surface area (Å²) in [5, 5.41) is 7.47. The van der Waals surface area contributed by atoms with Gasteiger partial charge in [-0.2, -0.15) is 5.10 Å². The quantitative estimate of drug-likeness (QED) is 0.711. The second-order valence-corrected chi connectivity index (χ2v) is 7.84. The van der Waals surface area contributed by atoms with Crippen molar-refractivity contribution in [1.29, 1.82) is 0 Å². The van der Waals surface area contributed by atoms with E-state index in [4.69, 9.17) is 4.74 Å². The smallest absolute Gasteiger partial charge is 0.224 e. The average Bonchev–Trinajstić information content (AvgIpc) is 2.72. The van der Waals surface area contributed by atoms with E-state index in [2.05, 4.69) is 39.8 Å². The van der Waals surface area contributed by atoms with Gasteiger partial charge in [-0.25, -0.2) is 0 Å². The number of unbranched alkanes of at least 4 members (excludes halogenated alkanes) is 1. The molecule has 2 N–H and O–H groups in total. The van der Waals surface area contributed by atoms with Crippen LogP contribution in [0.4, 0.5) is 5.69 Å². The topological polar surface area (TPSA) is 66.0 Å². The van der Waals surface area contributed by atoms with Gasteiger partial charge in [0.2, 0.25) is 5.91 Å². The molecule has 0 aliphatic carbocycles. The minimum absolute atomic E-state index is 0.0912. The van der Waals surface area contributed by atoms with Crippen LogP contribution in [-0.4, -0.2) is 48.8 Å². The maximum Gasteiger partial charge on any atom is 0.224 e. The van der Waals surface area contributed by atoms with Crippen LogP contribution in [0.1, 0.15) is 44.6 Å². The zero-order valence-corrected chi connectivity index (χ0v) is 16.7. The summed E-state index contributed by atoms with van der Waals surface area (Å²) >= 11 is 0. The molecule has 0 spiro atoms. The number of anilines is 1. The van der Waals surface area contributed by atoms with Gasteiger partial charge in [0.05, 0.1) is 18.4 Å². The van der Waals surface area contributed by atoms with Gasteiger partial charge < -0.3 is 15.5 Å². The Balaban J connectivity index is 1.19. The third kappa shape index (κ3) is 4.55. The number of nitrogens with zero attached hydrogens (tertiary/aromatic N) is 2. The number of hydrogen-bond donors (Lipinski definition) is 2. The molecule has 1 atom stereocenters. The highest BCUT2D eigenvalue weighted by atomic mass is 16.5. The van der Waals surface area contributed by atoms with Crippen molar-refractivity contribution in [3.05, 3.63) is 35.4 Å². The zero-order valence-electron chi connectivity index (χ0n) is 16.7. The van der Waals surface area contributed by atoms with Crippen LogP contribution in [0.3, 0.4) is 0 Å².